The second-order valence-corrected chi connectivity index (χ2v) is 10.6. The van der Waals surface area contributed by atoms with Gasteiger partial charge < -0.3 is 29.2 Å². The van der Waals surface area contributed by atoms with E-state index in [1.165, 1.54) is 13.8 Å². The van der Waals surface area contributed by atoms with Gasteiger partial charge in [0.25, 0.3) is 5.79 Å². The lowest BCUT2D eigenvalue weighted by Crippen LogP contribution is -2.68. The number of esters is 2. The molecule has 0 saturated carbocycles. The molecule has 42 heavy (non-hydrogen) atoms. The fourth-order valence-corrected chi connectivity index (χ4v) is 3.91. The van der Waals surface area contributed by atoms with E-state index < -0.39 is 97.1 Å². The van der Waals surface area contributed by atoms with Crippen LogP contribution in [0, 0.1) is 5.92 Å². The number of aliphatic hydroxyl groups is 2. The fourth-order valence-electron chi connectivity index (χ4n) is 3.91. The van der Waals surface area contributed by atoms with Gasteiger partial charge in [0.1, 0.15) is 0 Å². The quantitative estimate of drug-likeness (QED) is 0.248. The van der Waals surface area contributed by atoms with Crippen LogP contribution in [0.1, 0.15) is 53.9 Å². The Morgan fingerprint density at radius 1 is 0.929 bits per heavy atom. The monoisotopic (exact) mass is 642 g/mol. The van der Waals surface area contributed by atoms with Crippen molar-refractivity contribution in [1.29, 1.82) is 0 Å². The van der Waals surface area contributed by atoms with Crippen molar-refractivity contribution in [3.63, 3.8) is 0 Å². The van der Waals surface area contributed by atoms with Crippen LogP contribution in [0.3, 0.4) is 0 Å². The van der Waals surface area contributed by atoms with E-state index in [2.05, 4.69) is 25.5 Å². The van der Waals surface area contributed by atoms with Gasteiger partial charge in [-0.25, -0.2) is 4.79 Å². The van der Waals surface area contributed by atoms with Gasteiger partial charge in [0.2, 0.25) is 5.60 Å². The van der Waals surface area contributed by atoms with Crippen molar-refractivity contribution in [3.8, 4) is 0 Å². The largest absolute Gasteiger partial charge is 0.452 e. The summed E-state index contributed by atoms with van der Waals surface area (Å²) in [6, 6.07) is 0. The first kappa shape index (κ1) is 37.8. The average molecular weight is 642 g/mol. The Labute approximate surface area is 231 Å². The number of halogens is 11. The van der Waals surface area contributed by atoms with Crippen molar-refractivity contribution >= 4 is 11.9 Å². The summed E-state index contributed by atoms with van der Waals surface area (Å²) < 4.78 is 161. The maximum Gasteiger partial charge on any atom is 0.449 e. The Kier molecular flexibility index (Phi) is 10.5. The Morgan fingerprint density at radius 3 is 1.81 bits per heavy atom. The van der Waals surface area contributed by atoms with Crippen molar-refractivity contribution in [2.75, 3.05) is 6.61 Å². The number of rotatable bonds is 4. The van der Waals surface area contributed by atoms with E-state index >= 15 is 0 Å². The summed E-state index contributed by atoms with van der Waals surface area (Å²) >= 11 is 0. The number of hydrogen-bond donors (Lipinski definition) is 2. The Hall–Kier alpha value is -2.25. The highest BCUT2D eigenvalue weighted by atomic mass is 19.4. The van der Waals surface area contributed by atoms with E-state index in [1.807, 2.05) is 0 Å². The molecule has 2 aliphatic heterocycles. The van der Waals surface area contributed by atoms with E-state index in [9.17, 15) is 63.0 Å². The minimum absolute atomic E-state index is 0.252. The van der Waals surface area contributed by atoms with E-state index in [0.29, 0.717) is 0 Å². The van der Waals surface area contributed by atoms with Crippen LogP contribution in [-0.2, 0) is 28.5 Å². The number of ether oxygens (including phenoxy) is 4. The van der Waals surface area contributed by atoms with E-state index in [1.54, 1.807) is 0 Å². The topological polar surface area (TPSA) is 112 Å². The molecule has 0 aliphatic carbocycles. The number of hydrogen-bond acceptors (Lipinski definition) is 8. The van der Waals surface area contributed by atoms with Gasteiger partial charge in [0.05, 0.1) is 24.5 Å². The number of alkyl halides is 11. The molecule has 0 amide bonds. The third-order valence-corrected chi connectivity index (χ3v) is 5.94. The lowest BCUT2D eigenvalue weighted by molar-refractivity contribution is -0.455. The molecule has 2 N–H and O–H groups in total. The maximum absolute atomic E-state index is 13.6. The smallest absolute Gasteiger partial charge is 0.449 e. The van der Waals surface area contributed by atoms with Crippen LogP contribution in [-0.4, -0.2) is 82.1 Å². The average Bonchev–Trinajstić information content (AvgIpc) is 2.73. The third kappa shape index (κ3) is 7.63. The van der Waals surface area contributed by atoms with Gasteiger partial charge in [-0.3, -0.25) is 4.79 Å². The van der Waals surface area contributed by atoms with Crippen LogP contribution in [0.4, 0.5) is 48.3 Å². The lowest BCUT2D eigenvalue weighted by Gasteiger charge is -2.51. The maximum atomic E-state index is 13.6. The zero-order valence-electron chi connectivity index (χ0n) is 22.7. The van der Waals surface area contributed by atoms with Gasteiger partial charge in [-0.1, -0.05) is 20.4 Å². The predicted octanol–water partition coefficient (Wildman–Crippen LogP) is 5.11. The summed E-state index contributed by atoms with van der Waals surface area (Å²) in [5.41, 5.74) is -5.78. The molecule has 0 bridgehead atoms. The van der Waals surface area contributed by atoms with Gasteiger partial charge >= 0.3 is 42.2 Å². The molecule has 246 valence electrons. The van der Waals surface area contributed by atoms with Gasteiger partial charge in [0, 0.05) is 18.4 Å². The minimum atomic E-state index is -5.73. The number of carbonyl (C=O) groups excluding carboxylic acids is 2. The molecule has 8 nitrogen and oxygen atoms in total. The van der Waals surface area contributed by atoms with Gasteiger partial charge in [0.15, 0.2) is 6.10 Å². The van der Waals surface area contributed by atoms with Crippen molar-refractivity contribution in [1.82, 2.24) is 0 Å². The first-order valence-corrected chi connectivity index (χ1v) is 11.8. The molecule has 0 aromatic rings. The van der Waals surface area contributed by atoms with Crippen LogP contribution < -0.4 is 0 Å². The van der Waals surface area contributed by atoms with Gasteiger partial charge in [-0.15, -0.1) is 0 Å². The van der Waals surface area contributed by atoms with Crippen LogP contribution >= 0.6 is 0 Å². The summed E-state index contributed by atoms with van der Waals surface area (Å²) in [6.07, 6.45) is -22.7. The number of carbonyl (C=O) groups is 2. The van der Waals surface area contributed by atoms with Crippen LogP contribution in [0.2, 0.25) is 0 Å². The summed E-state index contributed by atoms with van der Waals surface area (Å²) in [6.45, 7) is 7.82. The van der Waals surface area contributed by atoms with Gasteiger partial charge in [-0.05, 0) is 20.8 Å². The second kappa shape index (κ2) is 11.7. The summed E-state index contributed by atoms with van der Waals surface area (Å²) in [7, 11) is 0. The molecule has 2 fully saturated rings. The highest BCUT2D eigenvalue weighted by Gasteiger charge is 2.76. The van der Waals surface area contributed by atoms with Crippen molar-refractivity contribution in [2.45, 2.75) is 107 Å². The Balaban J connectivity index is 0.000000428. The lowest BCUT2D eigenvalue weighted by atomic mass is 9.79. The second-order valence-electron chi connectivity index (χ2n) is 10.6. The third-order valence-electron chi connectivity index (χ3n) is 5.94. The van der Waals surface area contributed by atoms with Crippen molar-refractivity contribution < 1.29 is 87.0 Å². The standard InChI is InChI=1S/C13H18F6O4.C10H11F5O4/c1-7(2)8(20)22-10(12(14,15)16)5-9(3,4)23-11(21,6-10)13(17,18)19;1-5(2)7(16)19-6-3-4-18-9(17,8(6,11)12)10(13,14)15/h7,21H,5-6H2,1-4H3;6,17H,1,3-4H2,2H3. The van der Waals surface area contributed by atoms with E-state index in [0.717, 1.165) is 20.8 Å². The van der Waals surface area contributed by atoms with Gasteiger partial charge in [-0.2, -0.15) is 48.3 Å². The molecule has 0 aromatic heterocycles. The van der Waals surface area contributed by atoms with E-state index in [-0.39, 0.29) is 5.57 Å². The van der Waals surface area contributed by atoms with E-state index in [4.69, 9.17) is 5.11 Å². The summed E-state index contributed by atoms with van der Waals surface area (Å²) in [5, 5.41) is 18.7. The predicted molar refractivity (Wildman–Crippen MR) is 116 cm³/mol. The SMILES string of the molecule is C=C(C)C(=O)OC1CCOC(O)(C(F)(F)F)C1(F)F.CC(C)C(=O)OC1(C(F)(F)F)CC(C)(C)OC(O)(C(F)(F)F)C1. The first-order valence-electron chi connectivity index (χ1n) is 11.8. The fraction of sp³-hybridized carbons (Fsp3) is 0.826. The highest BCUT2D eigenvalue weighted by Crippen LogP contribution is 2.54. The highest BCUT2D eigenvalue weighted by molar-refractivity contribution is 5.87. The molecule has 4 atom stereocenters. The molecule has 0 aromatic carbocycles. The Morgan fingerprint density at radius 2 is 1.43 bits per heavy atom. The molecule has 0 radical (unpaired) electrons. The molecule has 2 aliphatic rings. The molecule has 0 spiro atoms. The normalized spacial score (nSPS) is 31.5. The molecular formula is C23H29F11O8. The van der Waals surface area contributed by atoms with Crippen LogP contribution in [0.5, 0.6) is 0 Å². The van der Waals surface area contributed by atoms with Crippen molar-refractivity contribution in [2.24, 2.45) is 5.92 Å². The van der Waals surface area contributed by atoms with Crippen LogP contribution in [0.25, 0.3) is 0 Å². The zero-order valence-corrected chi connectivity index (χ0v) is 22.7. The molecule has 19 heteroatoms. The first-order chi connectivity index (χ1) is 18.4. The Bertz CT molecular complexity index is 1020. The molecule has 2 saturated heterocycles. The molecular weight excluding hydrogens is 613 g/mol. The van der Waals surface area contributed by atoms with Crippen LogP contribution in [0.15, 0.2) is 12.2 Å². The summed E-state index contributed by atoms with van der Waals surface area (Å²) in [4.78, 5) is 22.7. The zero-order chi connectivity index (χ0) is 33.5. The molecule has 2 rings (SSSR count). The molecule has 2 heterocycles. The molecule has 4 unspecified atom stereocenters. The van der Waals surface area contributed by atoms with Crippen molar-refractivity contribution in [3.05, 3.63) is 12.2 Å². The summed E-state index contributed by atoms with van der Waals surface area (Å²) in [5.74, 6) is -17.2. The minimum Gasteiger partial charge on any atom is -0.452 e.